The molecular weight excluding hydrogens is 536 g/mol. The molecule has 0 radical (unpaired) electrons. The number of fused-ring (bicyclic) bond motifs is 6. The van der Waals surface area contributed by atoms with Crippen molar-refractivity contribution in [3.8, 4) is 33.9 Å². The monoisotopic (exact) mass is 562 g/mol. The molecule has 4 nitrogen and oxygen atoms in total. The molecule has 44 heavy (non-hydrogen) atoms. The van der Waals surface area contributed by atoms with Gasteiger partial charge >= 0.3 is 0 Å². The van der Waals surface area contributed by atoms with E-state index in [1.807, 2.05) is 12.4 Å². The summed E-state index contributed by atoms with van der Waals surface area (Å²) in [5.41, 5.74) is 11.0. The summed E-state index contributed by atoms with van der Waals surface area (Å²) in [4.78, 5) is 9.58. The Bertz CT molecular complexity index is 2240. The van der Waals surface area contributed by atoms with Crippen molar-refractivity contribution >= 4 is 43.6 Å². The number of rotatable bonds is 4. The Hall–Kier alpha value is -6.00. The fourth-order valence-corrected chi connectivity index (χ4v) is 6.66. The molecule has 9 rings (SSSR count). The number of hydrogen-bond acceptors (Lipinski definition) is 2. The minimum Gasteiger partial charge on any atom is -0.309 e. The zero-order valence-corrected chi connectivity index (χ0v) is 23.8. The van der Waals surface area contributed by atoms with Crippen LogP contribution in [0.4, 0.5) is 0 Å². The van der Waals surface area contributed by atoms with E-state index in [-0.39, 0.29) is 0 Å². The summed E-state index contributed by atoms with van der Waals surface area (Å²) >= 11 is 0. The Kier molecular flexibility index (Phi) is 5.47. The number of pyridine rings is 2. The number of nitrogens with zero attached hydrogens (tertiary/aromatic N) is 4. The van der Waals surface area contributed by atoms with E-state index in [0.29, 0.717) is 0 Å². The highest BCUT2D eigenvalue weighted by atomic mass is 15.0. The van der Waals surface area contributed by atoms with Crippen LogP contribution in [0.3, 0.4) is 0 Å². The van der Waals surface area contributed by atoms with Crippen molar-refractivity contribution in [2.24, 2.45) is 0 Å². The molecule has 4 heterocycles. The summed E-state index contributed by atoms with van der Waals surface area (Å²) in [5, 5.41) is 4.86. The second-order valence-corrected chi connectivity index (χ2v) is 11.1. The Labute approximate surface area is 254 Å². The smallest absolute Gasteiger partial charge is 0.0710 e. The number of hydrogen-bond donors (Lipinski definition) is 0. The van der Waals surface area contributed by atoms with Crippen molar-refractivity contribution in [2.45, 2.75) is 0 Å². The van der Waals surface area contributed by atoms with Gasteiger partial charge in [0.25, 0.3) is 0 Å². The van der Waals surface area contributed by atoms with Crippen molar-refractivity contribution < 1.29 is 0 Å². The van der Waals surface area contributed by atoms with E-state index < -0.39 is 0 Å². The topological polar surface area (TPSA) is 35.6 Å². The summed E-state index contributed by atoms with van der Waals surface area (Å²) in [7, 11) is 0. The maximum atomic E-state index is 5.18. The maximum Gasteiger partial charge on any atom is 0.0710 e. The van der Waals surface area contributed by atoms with Gasteiger partial charge in [-0.05, 0) is 60.7 Å². The third kappa shape index (κ3) is 3.78. The fraction of sp³-hybridized carbons (Fsp3) is 0. The van der Waals surface area contributed by atoms with Gasteiger partial charge in [-0.2, -0.15) is 0 Å². The first-order valence-electron chi connectivity index (χ1n) is 14.8. The lowest BCUT2D eigenvalue weighted by molar-refractivity contribution is 1.17. The molecule has 0 atom stereocenters. The van der Waals surface area contributed by atoms with Crippen molar-refractivity contribution in [3.63, 3.8) is 0 Å². The lowest BCUT2D eigenvalue weighted by atomic mass is 10.1. The molecule has 0 saturated carbocycles. The lowest BCUT2D eigenvalue weighted by Gasteiger charge is -2.12. The summed E-state index contributed by atoms with van der Waals surface area (Å²) in [6.45, 7) is 0. The van der Waals surface area contributed by atoms with Crippen molar-refractivity contribution in [2.75, 3.05) is 0 Å². The van der Waals surface area contributed by atoms with Gasteiger partial charge in [-0.3, -0.25) is 4.98 Å². The molecule has 0 aliphatic heterocycles. The quantitative estimate of drug-likeness (QED) is 0.214. The average Bonchev–Trinajstić information content (AvgIpc) is 3.62. The van der Waals surface area contributed by atoms with Gasteiger partial charge in [-0.1, -0.05) is 84.9 Å². The highest BCUT2D eigenvalue weighted by molar-refractivity contribution is 6.10. The third-order valence-corrected chi connectivity index (χ3v) is 8.60. The molecule has 0 fully saturated rings. The van der Waals surface area contributed by atoms with Gasteiger partial charge in [-0.25, -0.2) is 4.98 Å². The molecule has 5 aromatic carbocycles. The number of para-hydroxylation sites is 3. The van der Waals surface area contributed by atoms with Gasteiger partial charge in [0, 0.05) is 56.4 Å². The molecule has 0 aliphatic carbocycles. The van der Waals surface area contributed by atoms with E-state index in [2.05, 4.69) is 160 Å². The molecule has 0 N–H and O–H groups in total. The zero-order chi connectivity index (χ0) is 29.0. The first-order chi connectivity index (χ1) is 21.8. The van der Waals surface area contributed by atoms with Crippen LogP contribution in [0, 0.1) is 0 Å². The van der Waals surface area contributed by atoms with Crippen LogP contribution < -0.4 is 0 Å². The molecule has 4 aromatic heterocycles. The normalized spacial score (nSPS) is 11.6. The molecule has 4 heteroatoms. The average molecular weight is 563 g/mol. The highest BCUT2D eigenvalue weighted by Gasteiger charge is 2.14. The van der Waals surface area contributed by atoms with Crippen LogP contribution in [0.1, 0.15) is 0 Å². The minimum atomic E-state index is 0.939. The molecule has 0 aliphatic rings. The molecule has 0 amide bonds. The summed E-state index contributed by atoms with van der Waals surface area (Å²) in [6.07, 6.45) is 3.82. The van der Waals surface area contributed by atoms with Gasteiger partial charge in [0.1, 0.15) is 0 Å². The Morgan fingerprint density at radius 2 is 0.841 bits per heavy atom. The van der Waals surface area contributed by atoms with Crippen LogP contribution in [0.25, 0.3) is 77.5 Å². The van der Waals surface area contributed by atoms with Crippen LogP contribution >= 0.6 is 0 Å². The fourth-order valence-electron chi connectivity index (χ4n) is 6.66. The predicted octanol–water partition coefficient (Wildman–Crippen LogP) is 10.0. The standard InChI is InChI=1S/C40H26N4/c1-4-19-37-31(14-1)32-15-2-5-20-38(32)43(37)29-12-7-10-27(24-29)35-17-9-18-36(42-35)28-11-8-13-30(25-28)44-39-21-6-3-16-33(39)34-26-41-23-22-40(34)44/h1-26H. The largest absolute Gasteiger partial charge is 0.309 e. The highest BCUT2D eigenvalue weighted by Crippen LogP contribution is 2.35. The van der Waals surface area contributed by atoms with E-state index in [4.69, 9.17) is 4.98 Å². The van der Waals surface area contributed by atoms with Crippen molar-refractivity contribution in [1.82, 2.24) is 19.1 Å². The number of aromatic nitrogens is 4. The van der Waals surface area contributed by atoms with Crippen LogP contribution in [0.2, 0.25) is 0 Å². The van der Waals surface area contributed by atoms with E-state index >= 15 is 0 Å². The summed E-state index contributed by atoms with van der Waals surface area (Å²) in [6, 6.07) is 51.5. The summed E-state index contributed by atoms with van der Waals surface area (Å²) < 4.78 is 4.66. The Morgan fingerprint density at radius 1 is 0.386 bits per heavy atom. The van der Waals surface area contributed by atoms with E-state index in [0.717, 1.165) is 50.3 Å². The maximum absolute atomic E-state index is 5.18. The second kappa shape index (κ2) is 9.79. The first-order valence-corrected chi connectivity index (χ1v) is 14.8. The molecule has 0 spiro atoms. The Balaban J connectivity index is 1.15. The minimum absolute atomic E-state index is 0.939. The van der Waals surface area contributed by atoms with Crippen molar-refractivity contribution in [3.05, 3.63) is 158 Å². The van der Waals surface area contributed by atoms with E-state index in [1.165, 1.54) is 27.2 Å². The second-order valence-electron chi connectivity index (χ2n) is 11.1. The van der Waals surface area contributed by atoms with Crippen LogP contribution in [-0.4, -0.2) is 19.1 Å². The zero-order valence-electron chi connectivity index (χ0n) is 23.8. The molecule has 0 unspecified atom stereocenters. The van der Waals surface area contributed by atoms with Gasteiger partial charge in [0.05, 0.1) is 33.5 Å². The third-order valence-electron chi connectivity index (χ3n) is 8.60. The van der Waals surface area contributed by atoms with Gasteiger partial charge < -0.3 is 9.13 Å². The van der Waals surface area contributed by atoms with Crippen molar-refractivity contribution in [1.29, 1.82) is 0 Å². The molecule has 9 aromatic rings. The van der Waals surface area contributed by atoms with Crippen LogP contribution in [-0.2, 0) is 0 Å². The van der Waals surface area contributed by atoms with Crippen LogP contribution in [0.5, 0.6) is 0 Å². The first kappa shape index (κ1) is 24.6. The molecule has 0 saturated heterocycles. The Morgan fingerprint density at radius 3 is 1.39 bits per heavy atom. The summed E-state index contributed by atoms with van der Waals surface area (Å²) in [5.74, 6) is 0. The van der Waals surface area contributed by atoms with Gasteiger partial charge in [-0.15, -0.1) is 0 Å². The molecule has 206 valence electrons. The van der Waals surface area contributed by atoms with Gasteiger partial charge in [0.2, 0.25) is 0 Å². The molecule has 0 bridgehead atoms. The SMILES string of the molecule is c1cc(-c2cccc(-c3cccc(-n4c5ccccc5c5cnccc54)c3)n2)cc(-n2c3ccccc3c3ccccc32)c1. The van der Waals surface area contributed by atoms with E-state index in [9.17, 15) is 0 Å². The van der Waals surface area contributed by atoms with Gasteiger partial charge in [0.15, 0.2) is 0 Å². The number of benzene rings is 5. The lowest BCUT2D eigenvalue weighted by Crippen LogP contribution is -1.96. The predicted molar refractivity (Wildman–Crippen MR) is 182 cm³/mol. The van der Waals surface area contributed by atoms with Crippen LogP contribution in [0.15, 0.2) is 158 Å². The molecular formula is C40H26N4. The van der Waals surface area contributed by atoms with E-state index in [1.54, 1.807) is 0 Å².